The molecule has 1 saturated heterocycles. The zero-order valence-electron chi connectivity index (χ0n) is 10.8. The molecule has 1 aliphatic rings. The van der Waals surface area contributed by atoms with Gasteiger partial charge in [0.15, 0.2) is 0 Å². The minimum absolute atomic E-state index is 0.211. The van der Waals surface area contributed by atoms with Gasteiger partial charge in [0, 0.05) is 18.5 Å². The summed E-state index contributed by atoms with van der Waals surface area (Å²) >= 11 is 1.54. The Morgan fingerprint density at radius 2 is 2.42 bits per heavy atom. The first-order chi connectivity index (χ1) is 9.06. The number of aromatic nitrogens is 1. The van der Waals surface area contributed by atoms with Crippen molar-refractivity contribution in [3.63, 3.8) is 0 Å². The summed E-state index contributed by atoms with van der Waals surface area (Å²) in [7, 11) is 0. The van der Waals surface area contributed by atoms with Gasteiger partial charge >= 0.3 is 12.0 Å². The number of carbonyl (C=O) groups excluding carboxylic acids is 1. The maximum Gasteiger partial charge on any atom is 0.317 e. The molecule has 0 unspecified atom stereocenters. The summed E-state index contributed by atoms with van der Waals surface area (Å²) in [6, 6.07) is -0.211. The minimum Gasteiger partial charge on any atom is -0.481 e. The van der Waals surface area contributed by atoms with Crippen molar-refractivity contribution in [2.24, 2.45) is 5.92 Å². The van der Waals surface area contributed by atoms with Crippen LogP contribution in [-0.2, 0) is 11.3 Å². The van der Waals surface area contributed by atoms with Crippen LogP contribution >= 0.6 is 11.3 Å². The Hall–Kier alpha value is -1.63. The zero-order valence-corrected chi connectivity index (χ0v) is 11.6. The third-order valence-electron chi connectivity index (χ3n) is 3.15. The number of carbonyl (C=O) groups is 2. The van der Waals surface area contributed by atoms with Gasteiger partial charge in [-0.2, -0.15) is 0 Å². The van der Waals surface area contributed by atoms with E-state index < -0.39 is 11.9 Å². The van der Waals surface area contributed by atoms with E-state index in [-0.39, 0.29) is 12.6 Å². The van der Waals surface area contributed by atoms with Crippen LogP contribution in [0.1, 0.15) is 23.5 Å². The lowest BCUT2D eigenvalue weighted by Gasteiger charge is -2.30. The molecule has 7 heteroatoms. The van der Waals surface area contributed by atoms with Crippen molar-refractivity contribution in [3.8, 4) is 0 Å². The molecule has 19 heavy (non-hydrogen) atoms. The van der Waals surface area contributed by atoms with Crippen LogP contribution in [0.5, 0.6) is 0 Å². The summed E-state index contributed by atoms with van der Waals surface area (Å²) in [5, 5.41) is 14.6. The van der Waals surface area contributed by atoms with Crippen molar-refractivity contribution in [1.29, 1.82) is 0 Å². The highest BCUT2D eigenvalue weighted by atomic mass is 32.1. The second-order valence-electron chi connectivity index (χ2n) is 4.64. The van der Waals surface area contributed by atoms with Gasteiger partial charge in [-0.3, -0.25) is 4.79 Å². The molecule has 1 atom stereocenters. The molecular formula is C12H17N3O3S. The van der Waals surface area contributed by atoms with Gasteiger partial charge in [0.05, 0.1) is 23.2 Å². The van der Waals surface area contributed by atoms with Gasteiger partial charge in [-0.25, -0.2) is 9.78 Å². The first-order valence-electron chi connectivity index (χ1n) is 6.23. The molecule has 1 fully saturated rings. The lowest BCUT2D eigenvalue weighted by atomic mass is 9.99. The minimum atomic E-state index is -0.826. The number of aryl methyl sites for hydroxylation is 1. The largest absolute Gasteiger partial charge is 0.481 e. The van der Waals surface area contributed by atoms with E-state index >= 15 is 0 Å². The number of likely N-dealkylation sites (tertiary alicyclic amines) is 1. The third-order valence-corrected chi connectivity index (χ3v) is 3.97. The van der Waals surface area contributed by atoms with Gasteiger partial charge in [-0.15, -0.1) is 11.3 Å². The summed E-state index contributed by atoms with van der Waals surface area (Å²) in [6.07, 6.45) is 1.38. The number of aliphatic carboxylic acids is 1. The highest BCUT2D eigenvalue weighted by Crippen LogP contribution is 2.16. The molecular weight excluding hydrogens is 266 g/mol. The Morgan fingerprint density at radius 3 is 3.05 bits per heavy atom. The number of thiazole rings is 1. The average molecular weight is 283 g/mol. The molecule has 1 aliphatic heterocycles. The van der Waals surface area contributed by atoms with Gasteiger partial charge in [0.25, 0.3) is 0 Å². The fourth-order valence-electron chi connectivity index (χ4n) is 2.13. The quantitative estimate of drug-likeness (QED) is 0.879. The molecule has 0 aromatic carbocycles. The summed E-state index contributed by atoms with van der Waals surface area (Å²) in [5.41, 5.74) is 0.836. The molecule has 2 rings (SSSR count). The number of carboxylic acid groups (broad SMARTS) is 1. The number of rotatable bonds is 3. The molecule has 0 aliphatic carbocycles. The number of urea groups is 1. The number of carboxylic acids is 1. The molecule has 0 saturated carbocycles. The second-order valence-corrected chi connectivity index (χ2v) is 5.70. The monoisotopic (exact) mass is 283 g/mol. The Labute approximate surface area is 115 Å². The summed E-state index contributed by atoms with van der Waals surface area (Å²) in [6.45, 7) is 3.21. The normalized spacial score (nSPS) is 19.2. The van der Waals surface area contributed by atoms with E-state index in [1.165, 1.54) is 0 Å². The Bertz CT molecular complexity index is 475. The molecule has 6 nitrogen and oxygen atoms in total. The molecule has 0 radical (unpaired) electrons. The lowest BCUT2D eigenvalue weighted by molar-refractivity contribution is -0.143. The van der Waals surface area contributed by atoms with E-state index in [9.17, 15) is 9.59 Å². The number of nitrogens with one attached hydrogen (secondary N) is 1. The number of amides is 2. The van der Waals surface area contributed by atoms with Crippen molar-refractivity contribution >= 4 is 23.3 Å². The third kappa shape index (κ3) is 3.66. The fourth-order valence-corrected chi connectivity index (χ4v) is 2.74. The van der Waals surface area contributed by atoms with Crippen LogP contribution in [0.2, 0.25) is 0 Å². The van der Waals surface area contributed by atoms with Crippen LogP contribution in [-0.4, -0.2) is 40.1 Å². The van der Waals surface area contributed by atoms with Gasteiger partial charge in [0.2, 0.25) is 0 Å². The van der Waals surface area contributed by atoms with Crippen molar-refractivity contribution in [1.82, 2.24) is 15.2 Å². The van der Waals surface area contributed by atoms with Crippen LogP contribution in [0.3, 0.4) is 0 Å². The Kier molecular flexibility index (Phi) is 4.36. The van der Waals surface area contributed by atoms with Crippen molar-refractivity contribution in [3.05, 3.63) is 16.1 Å². The molecule has 2 N–H and O–H groups in total. The van der Waals surface area contributed by atoms with Crippen LogP contribution in [0.25, 0.3) is 0 Å². The van der Waals surface area contributed by atoms with E-state index in [2.05, 4.69) is 10.3 Å². The molecule has 2 heterocycles. The maximum absolute atomic E-state index is 11.9. The van der Waals surface area contributed by atoms with Crippen molar-refractivity contribution < 1.29 is 14.7 Å². The smallest absolute Gasteiger partial charge is 0.317 e. The standard InChI is InChI=1S/C12H17N3O3S/c1-8-14-10(7-19-8)5-13-12(18)15-4-2-3-9(6-15)11(16)17/h7,9H,2-6H2,1H3,(H,13,18)(H,16,17)/t9-/m0/s1. The van der Waals surface area contributed by atoms with Crippen molar-refractivity contribution in [2.45, 2.75) is 26.3 Å². The SMILES string of the molecule is Cc1nc(CNC(=O)N2CCC[C@H](C(=O)O)C2)cs1. The van der Waals surface area contributed by atoms with Crippen LogP contribution in [0, 0.1) is 12.8 Å². The molecule has 1 aromatic heterocycles. The highest BCUT2D eigenvalue weighted by Gasteiger charge is 2.27. The van der Waals surface area contributed by atoms with E-state index in [4.69, 9.17) is 5.11 Å². The predicted molar refractivity (Wildman–Crippen MR) is 71.0 cm³/mol. The average Bonchev–Trinajstić information content (AvgIpc) is 2.82. The zero-order chi connectivity index (χ0) is 13.8. The van der Waals surface area contributed by atoms with E-state index in [1.54, 1.807) is 16.2 Å². The number of piperidine rings is 1. The van der Waals surface area contributed by atoms with E-state index in [0.29, 0.717) is 19.5 Å². The molecule has 0 spiro atoms. The van der Waals surface area contributed by atoms with Crippen LogP contribution in [0.15, 0.2) is 5.38 Å². The highest BCUT2D eigenvalue weighted by molar-refractivity contribution is 7.09. The van der Waals surface area contributed by atoms with Gasteiger partial charge < -0.3 is 15.3 Å². The van der Waals surface area contributed by atoms with Gasteiger partial charge in [0.1, 0.15) is 0 Å². The topological polar surface area (TPSA) is 82.5 Å². The summed E-state index contributed by atoms with van der Waals surface area (Å²) in [4.78, 5) is 28.7. The Balaban J connectivity index is 1.84. The number of nitrogens with zero attached hydrogens (tertiary/aromatic N) is 2. The number of hydrogen-bond donors (Lipinski definition) is 2. The first-order valence-corrected chi connectivity index (χ1v) is 7.11. The van der Waals surface area contributed by atoms with E-state index in [1.807, 2.05) is 12.3 Å². The maximum atomic E-state index is 11.9. The van der Waals surface area contributed by atoms with Crippen molar-refractivity contribution in [2.75, 3.05) is 13.1 Å². The van der Waals surface area contributed by atoms with Crippen LogP contribution in [0.4, 0.5) is 4.79 Å². The second kappa shape index (κ2) is 6.01. The van der Waals surface area contributed by atoms with E-state index in [0.717, 1.165) is 17.1 Å². The molecule has 1 aromatic rings. The fraction of sp³-hybridized carbons (Fsp3) is 0.583. The van der Waals surface area contributed by atoms with Gasteiger partial charge in [-0.1, -0.05) is 0 Å². The van der Waals surface area contributed by atoms with Gasteiger partial charge in [-0.05, 0) is 19.8 Å². The Morgan fingerprint density at radius 1 is 1.63 bits per heavy atom. The lowest BCUT2D eigenvalue weighted by Crippen LogP contribution is -2.46. The first kappa shape index (κ1) is 13.8. The number of hydrogen-bond acceptors (Lipinski definition) is 4. The summed E-state index contributed by atoms with van der Waals surface area (Å²) in [5.74, 6) is -1.27. The molecule has 2 amide bonds. The predicted octanol–water partition coefficient (Wildman–Crippen LogP) is 1.46. The van der Waals surface area contributed by atoms with Crippen LogP contribution < -0.4 is 5.32 Å². The molecule has 104 valence electrons. The summed E-state index contributed by atoms with van der Waals surface area (Å²) < 4.78 is 0. The molecule has 0 bridgehead atoms.